The second kappa shape index (κ2) is 11.5. The van der Waals surface area contributed by atoms with Crippen molar-refractivity contribution in [1.82, 2.24) is 10.3 Å². The number of nitrogens with one attached hydrogen (secondary N) is 1. The summed E-state index contributed by atoms with van der Waals surface area (Å²) in [4.78, 5) is 27.0. The topological polar surface area (TPSA) is 88.5 Å². The van der Waals surface area contributed by atoms with Crippen molar-refractivity contribution in [2.45, 2.75) is 38.5 Å². The van der Waals surface area contributed by atoms with Crippen LogP contribution in [0.4, 0.5) is 13.2 Å². The molecular formula is C26H25F3N2O4. The minimum Gasteiger partial charge on any atom is -0.490 e. The van der Waals surface area contributed by atoms with E-state index >= 15 is 0 Å². The van der Waals surface area contributed by atoms with Gasteiger partial charge in [0.25, 0.3) is 5.91 Å². The largest absolute Gasteiger partial charge is 0.490 e. The molecule has 9 heteroatoms. The molecule has 6 nitrogen and oxygen atoms in total. The van der Waals surface area contributed by atoms with Crippen molar-refractivity contribution in [2.24, 2.45) is 0 Å². The lowest BCUT2D eigenvalue weighted by Gasteiger charge is -2.18. The third-order valence-electron chi connectivity index (χ3n) is 5.30. The van der Waals surface area contributed by atoms with Crippen LogP contribution in [0.5, 0.6) is 5.75 Å². The first-order valence-corrected chi connectivity index (χ1v) is 11.0. The number of alkyl halides is 3. The third kappa shape index (κ3) is 7.56. The van der Waals surface area contributed by atoms with Gasteiger partial charge in [0, 0.05) is 30.3 Å². The van der Waals surface area contributed by atoms with Gasteiger partial charge in [0.2, 0.25) is 0 Å². The molecule has 1 amide bonds. The van der Waals surface area contributed by atoms with Gasteiger partial charge >= 0.3 is 12.1 Å². The SMILES string of the molecule is CC[C@H](Cc1ccc(-c2ccc(C(F)(F)F)cc2)nc1)Oc1ccc(C(=O)NCCC(=O)O)cc1. The van der Waals surface area contributed by atoms with Gasteiger partial charge in [0.15, 0.2) is 0 Å². The zero-order valence-corrected chi connectivity index (χ0v) is 19.0. The van der Waals surface area contributed by atoms with Crippen molar-refractivity contribution in [3.8, 4) is 17.0 Å². The number of nitrogens with zero attached hydrogens (tertiary/aromatic N) is 1. The Bertz CT molecular complexity index is 1130. The van der Waals surface area contributed by atoms with Crippen LogP contribution in [0.3, 0.4) is 0 Å². The Kier molecular flexibility index (Phi) is 8.46. The summed E-state index contributed by atoms with van der Waals surface area (Å²) in [6, 6.07) is 15.1. The molecule has 0 fully saturated rings. The highest BCUT2D eigenvalue weighted by Crippen LogP contribution is 2.30. The molecule has 0 unspecified atom stereocenters. The van der Waals surface area contributed by atoms with Crippen LogP contribution in [0, 0.1) is 0 Å². The molecule has 0 spiro atoms. The molecule has 0 bridgehead atoms. The first-order chi connectivity index (χ1) is 16.7. The molecule has 3 aromatic rings. The highest BCUT2D eigenvalue weighted by Gasteiger charge is 2.30. The molecule has 1 aromatic heterocycles. The van der Waals surface area contributed by atoms with Crippen molar-refractivity contribution < 1.29 is 32.6 Å². The van der Waals surface area contributed by atoms with Crippen LogP contribution in [-0.2, 0) is 17.4 Å². The molecule has 0 saturated heterocycles. The number of carboxylic acid groups (broad SMARTS) is 1. The van der Waals surface area contributed by atoms with E-state index in [0.717, 1.165) is 24.1 Å². The van der Waals surface area contributed by atoms with E-state index in [1.807, 2.05) is 13.0 Å². The number of carbonyl (C=O) groups is 2. The van der Waals surface area contributed by atoms with E-state index in [1.165, 1.54) is 12.1 Å². The average Bonchev–Trinajstić information content (AvgIpc) is 2.84. The zero-order valence-electron chi connectivity index (χ0n) is 19.0. The molecule has 0 aliphatic carbocycles. The van der Waals surface area contributed by atoms with Gasteiger partial charge in [-0.1, -0.05) is 25.1 Å². The molecule has 0 saturated carbocycles. The summed E-state index contributed by atoms with van der Waals surface area (Å²) in [5, 5.41) is 11.2. The van der Waals surface area contributed by atoms with Crippen molar-refractivity contribution >= 4 is 11.9 Å². The lowest BCUT2D eigenvalue weighted by atomic mass is 10.0. The number of hydrogen-bond acceptors (Lipinski definition) is 4. The lowest BCUT2D eigenvalue weighted by molar-refractivity contribution is -0.138. The molecule has 0 radical (unpaired) electrons. The van der Waals surface area contributed by atoms with Gasteiger partial charge < -0.3 is 15.2 Å². The Labute approximate surface area is 200 Å². The Hall–Kier alpha value is -3.88. The number of hydrogen-bond donors (Lipinski definition) is 2. The van der Waals surface area contributed by atoms with Gasteiger partial charge in [-0.05, 0) is 54.4 Å². The molecule has 1 atom stereocenters. The molecule has 2 N–H and O–H groups in total. The standard InChI is InChI=1S/C26H25F3N2O4/c1-2-21(35-22-10-6-19(7-11-22)25(34)30-14-13-24(32)33)15-17-3-12-23(31-16-17)18-4-8-20(9-5-18)26(27,28)29/h3-12,16,21H,2,13-15H2,1H3,(H,30,34)(H,32,33)/t21-/m1/s1. The Balaban J connectivity index is 1.57. The van der Waals surface area contributed by atoms with Crippen LogP contribution in [-0.4, -0.2) is 34.6 Å². The van der Waals surface area contributed by atoms with E-state index < -0.39 is 17.7 Å². The monoisotopic (exact) mass is 486 g/mol. The highest BCUT2D eigenvalue weighted by atomic mass is 19.4. The smallest absolute Gasteiger partial charge is 0.416 e. The van der Waals surface area contributed by atoms with Crippen LogP contribution < -0.4 is 10.1 Å². The first-order valence-electron chi connectivity index (χ1n) is 11.0. The normalized spacial score (nSPS) is 12.1. The fraction of sp³-hybridized carbons (Fsp3) is 0.269. The minimum atomic E-state index is -4.38. The number of amides is 1. The van der Waals surface area contributed by atoms with Crippen LogP contribution in [0.1, 0.15) is 41.3 Å². The first kappa shape index (κ1) is 25.7. The molecule has 1 heterocycles. The highest BCUT2D eigenvalue weighted by molar-refractivity contribution is 5.94. The molecule has 184 valence electrons. The van der Waals surface area contributed by atoms with Gasteiger partial charge in [-0.15, -0.1) is 0 Å². The number of aromatic nitrogens is 1. The molecule has 3 rings (SSSR count). The average molecular weight is 486 g/mol. The van der Waals surface area contributed by atoms with Gasteiger partial charge in [0.1, 0.15) is 11.9 Å². The van der Waals surface area contributed by atoms with Gasteiger partial charge in [-0.2, -0.15) is 13.2 Å². The quantitative estimate of drug-likeness (QED) is 0.402. The molecule has 0 aliphatic heterocycles. The summed E-state index contributed by atoms with van der Waals surface area (Å²) >= 11 is 0. The summed E-state index contributed by atoms with van der Waals surface area (Å²) in [5.74, 6) is -0.749. The molecule has 35 heavy (non-hydrogen) atoms. The molecule has 2 aromatic carbocycles. The van der Waals surface area contributed by atoms with E-state index in [4.69, 9.17) is 9.84 Å². The maximum absolute atomic E-state index is 12.7. The summed E-state index contributed by atoms with van der Waals surface area (Å²) in [5.41, 5.74) is 1.79. The number of halogens is 3. The predicted molar refractivity (Wildman–Crippen MR) is 124 cm³/mol. The van der Waals surface area contributed by atoms with Crippen LogP contribution in [0.15, 0.2) is 66.9 Å². The lowest BCUT2D eigenvalue weighted by Crippen LogP contribution is -2.26. The number of aliphatic carboxylic acids is 1. The van der Waals surface area contributed by atoms with Crippen molar-refractivity contribution in [3.63, 3.8) is 0 Å². The fourth-order valence-corrected chi connectivity index (χ4v) is 3.34. The predicted octanol–water partition coefficient (Wildman–Crippen LogP) is 5.37. The number of ether oxygens (including phenoxy) is 1. The van der Waals surface area contributed by atoms with Crippen LogP contribution in [0.25, 0.3) is 11.3 Å². The number of pyridine rings is 1. The van der Waals surface area contributed by atoms with E-state index in [2.05, 4.69) is 10.3 Å². The Morgan fingerprint density at radius 2 is 1.71 bits per heavy atom. The number of carboxylic acids is 1. The molecule has 0 aliphatic rings. The number of benzene rings is 2. The molecular weight excluding hydrogens is 461 g/mol. The van der Waals surface area contributed by atoms with E-state index in [9.17, 15) is 22.8 Å². The van der Waals surface area contributed by atoms with Gasteiger partial charge in [-0.3, -0.25) is 14.6 Å². The number of carbonyl (C=O) groups excluding carboxylic acids is 1. The zero-order chi connectivity index (χ0) is 25.4. The minimum absolute atomic E-state index is 0.0516. The van der Waals surface area contributed by atoms with Gasteiger partial charge in [0.05, 0.1) is 17.7 Å². The second-order valence-electron chi connectivity index (χ2n) is 7.90. The fourth-order valence-electron chi connectivity index (χ4n) is 3.34. The summed E-state index contributed by atoms with van der Waals surface area (Å²) in [6.45, 7) is 2.04. The van der Waals surface area contributed by atoms with Crippen LogP contribution >= 0.6 is 0 Å². The second-order valence-corrected chi connectivity index (χ2v) is 7.90. The van der Waals surface area contributed by atoms with E-state index in [-0.39, 0.29) is 25.0 Å². The maximum atomic E-state index is 12.7. The summed E-state index contributed by atoms with van der Waals surface area (Å²) in [7, 11) is 0. The maximum Gasteiger partial charge on any atom is 0.416 e. The Morgan fingerprint density at radius 1 is 1.03 bits per heavy atom. The summed E-state index contributed by atoms with van der Waals surface area (Å²) < 4.78 is 44.3. The van der Waals surface area contributed by atoms with Crippen molar-refractivity contribution in [3.05, 3.63) is 83.6 Å². The number of rotatable bonds is 10. The van der Waals surface area contributed by atoms with Gasteiger partial charge in [-0.25, -0.2) is 0 Å². The summed E-state index contributed by atoms with van der Waals surface area (Å²) in [6.07, 6.45) is -1.69. The third-order valence-corrected chi connectivity index (χ3v) is 5.30. The van der Waals surface area contributed by atoms with Crippen molar-refractivity contribution in [2.75, 3.05) is 6.54 Å². The van der Waals surface area contributed by atoms with Crippen molar-refractivity contribution in [1.29, 1.82) is 0 Å². The van der Waals surface area contributed by atoms with E-state index in [0.29, 0.717) is 29.0 Å². The Morgan fingerprint density at radius 3 is 2.26 bits per heavy atom. The van der Waals surface area contributed by atoms with Crippen LogP contribution in [0.2, 0.25) is 0 Å². The van der Waals surface area contributed by atoms with E-state index in [1.54, 1.807) is 36.5 Å².